The number of aromatic nitrogens is 1. The van der Waals surface area contributed by atoms with Crippen LogP contribution in [0.1, 0.15) is 10.4 Å². The van der Waals surface area contributed by atoms with Crippen LogP contribution in [0.15, 0.2) is 18.3 Å². The number of amides is 1. The van der Waals surface area contributed by atoms with Gasteiger partial charge in [0.2, 0.25) is 5.95 Å². The van der Waals surface area contributed by atoms with E-state index in [1.54, 1.807) is 0 Å². The van der Waals surface area contributed by atoms with Crippen molar-refractivity contribution in [2.45, 2.75) is 0 Å². The van der Waals surface area contributed by atoms with Crippen LogP contribution in [0, 0.1) is 5.95 Å². The summed E-state index contributed by atoms with van der Waals surface area (Å²) < 4.78 is 13.0. The van der Waals surface area contributed by atoms with Crippen LogP contribution in [0.3, 0.4) is 0 Å². The molecule has 0 fully saturated rings. The third-order valence-electron chi connectivity index (χ3n) is 2.40. The molecule has 0 aliphatic heterocycles. The first-order valence-corrected chi connectivity index (χ1v) is 5.67. The summed E-state index contributed by atoms with van der Waals surface area (Å²) in [6.45, 7) is 0.352. The van der Waals surface area contributed by atoms with Gasteiger partial charge in [-0.15, -0.1) is 0 Å². The highest BCUT2D eigenvalue weighted by atomic mass is 19.1. The van der Waals surface area contributed by atoms with Crippen LogP contribution in [-0.4, -0.2) is 65.5 Å². The topological polar surface area (TPSA) is 73.7 Å². The third kappa shape index (κ3) is 5.01. The first kappa shape index (κ1) is 15.0. The number of hydrogen-bond donors (Lipinski definition) is 1. The fourth-order valence-electron chi connectivity index (χ4n) is 1.45. The quantitative estimate of drug-likeness (QED) is 0.752. The lowest BCUT2D eigenvalue weighted by Gasteiger charge is -2.22. The normalized spacial score (nSPS) is 10.5. The van der Waals surface area contributed by atoms with E-state index in [1.165, 1.54) is 12.3 Å². The van der Waals surface area contributed by atoms with Crippen LogP contribution in [-0.2, 0) is 4.79 Å². The highest BCUT2D eigenvalue weighted by molar-refractivity contribution is 5.95. The molecule has 0 aliphatic carbocycles. The number of nitrogens with zero attached hydrogens (tertiary/aromatic N) is 3. The second kappa shape index (κ2) is 6.79. The van der Waals surface area contributed by atoms with Crippen LogP contribution < -0.4 is 0 Å². The Bertz CT molecular complexity index is 465. The number of halogens is 1. The maximum atomic E-state index is 13.0. The minimum atomic E-state index is -1.11. The Labute approximate surface area is 110 Å². The number of carboxylic acid groups (broad SMARTS) is 1. The van der Waals surface area contributed by atoms with E-state index in [9.17, 15) is 14.0 Å². The van der Waals surface area contributed by atoms with E-state index >= 15 is 0 Å². The molecular formula is C12H16FN3O3. The average Bonchev–Trinajstić information content (AvgIpc) is 2.33. The second-order valence-corrected chi connectivity index (χ2v) is 4.29. The molecule has 1 heterocycles. The molecule has 0 radical (unpaired) electrons. The minimum Gasteiger partial charge on any atom is -0.480 e. The van der Waals surface area contributed by atoms with Gasteiger partial charge in [0.25, 0.3) is 5.91 Å². The fourth-order valence-corrected chi connectivity index (χ4v) is 1.45. The van der Waals surface area contributed by atoms with Crippen molar-refractivity contribution in [2.75, 3.05) is 33.7 Å². The summed E-state index contributed by atoms with van der Waals surface area (Å²) in [6.07, 6.45) is 1.17. The third-order valence-corrected chi connectivity index (χ3v) is 2.40. The van der Waals surface area contributed by atoms with Gasteiger partial charge in [-0.3, -0.25) is 9.59 Å². The molecule has 0 aromatic carbocycles. The molecule has 0 saturated heterocycles. The SMILES string of the molecule is CN(C)CCN(CC(=O)O)C(=O)c1ccnc(F)c1. The van der Waals surface area contributed by atoms with Gasteiger partial charge in [-0.2, -0.15) is 4.39 Å². The average molecular weight is 269 g/mol. The Kier molecular flexibility index (Phi) is 5.37. The molecule has 1 aromatic heterocycles. The van der Waals surface area contributed by atoms with Gasteiger partial charge in [-0.25, -0.2) is 4.98 Å². The van der Waals surface area contributed by atoms with Crippen LogP contribution in [0.2, 0.25) is 0 Å². The summed E-state index contributed by atoms with van der Waals surface area (Å²) in [5.41, 5.74) is 0.0903. The molecule has 0 spiro atoms. The van der Waals surface area contributed by atoms with Gasteiger partial charge in [-0.05, 0) is 20.2 Å². The molecule has 7 heteroatoms. The largest absolute Gasteiger partial charge is 0.480 e. The van der Waals surface area contributed by atoms with Gasteiger partial charge in [-0.1, -0.05) is 0 Å². The summed E-state index contributed by atoms with van der Waals surface area (Å²) in [5.74, 6) is -2.40. The number of aliphatic carboxylic acids is 1. The molecule has 1 amide bonds. The first-order valence-electron chi connectivity index (χ1n) is 5.67. The Morgan fingerprint density at radius 3 is 2.58 bits per heavy atom. The zero-order valence-corrected chi connectivity index (χ0v) is 10.8. The van der Waals surface area contributed by atoms with E-state index in [4.69, 9.17) is 5.11 Å². The molecule has 0 unspecified atom stereocenters. The van der Waals surface area contributed by atoms with Gasteiger partial charge in [0.05, 0.1) is 0 Å². The van der Waals surface area contributed by atoms with Crippen molar-refractivity contribution in [1.82, 2.24) is 14.8 Å². The van der Waals surface area contributed by atoms with Crippen LogP contribution in [0.4, 0.5) is 4.39 Å². The van der Waals surface area contributed by atoms with Gasteiger partial charge in [0, 0.05) is 30.9 Å². The van der Waals surface area contributed by atoms with E-state index in [0.29, 0.717) is 6.54 Å². The van der Waals surface area contributed by atoms with Crippen molar-refractivity contribution >= 4 is 11.9 Å². The predicted octanol–water partition coefficient (Wildman–Crippen LogP) is 0.309. The number of rotatable bonds is 6. The predicted molar refractivity (Wildman–Crippen MR) is 66.3 cm³/mol. The van der Waals surface area contributed by atoms with Crippen LogP contribution >= 0.6 is 0 Å². The Hall–Kier alpha value is -2.02. The zero-order valence-electron chi connectivity index (χ0n) is 10.8. The first-order chi connectivity index (χ1) is 8.90. The van der Waals surface area contributed by atoms with Gasteiger partial charge < -0.3 is 14.9 Å². The Balaban J connectivity index is 2.83. The van der Waals surface area contributed by atoms with Crippen molar-refractivity contribution in [2.24, 2.45) is 0 Å². The molecule has 6 nitrogen and oxygen atoms in total. The summed E-state index contributed by atoms with van der Waals surface area (Å²) in [4.78, 5) is 29.2. The lowest BCUT2D eigenvalue weighted by atomic mass is 10.2. The van der Waals surface area contributed by atoms with E-state index in [2.05, 4.69) is 4.98 Å². The summed E-state index contributed by atoms with van der Waals surface area (Å²) in [7, 11) is 3.63. The number of carbonyl (C=O) groups is 2. The standard InChI is InChI=1S/C12H16FN3O3/c1-15(2)5-6-16(8-11(17)18)12(19)9-3-4-14-10(13)7-9/h3-4,7H,5-6,8H2,1-2H3,(H,17,18). The summed E-state index contributed by atoms with van der Waals surface area (Å²) in [5, 5.41) is 8.81. The van der Waals surface area contributed by atoms with Crippen LogP contribution in [0.5, 0.6) is 0 Å². The zero-order chi connectivity index (χ0) is 14.4. The fraction of sp³-hybridized carbons (Fsp3) is 0.417. The molecule has 104 valence electrons. The smallest absolute Gasteiger partial charge is 0.323 e. The molecule has 1 N–H and O–H groups in total. The molecule has 19 heavy (non-hydrogen) atoms. The maximum Gasteiger partial charge on any atom is 0.323 e. The van der Waals surface area contributed by atoms with Gasteiger partial charge >= 0.3 is 5.97 Å². The minimum absolute atomic E-state index is 0.0903. The van der Waals surface area contributed by atoms with Crippen molar-refractivity contribution in [3.63, 3.8) is 0 Å². The van der Waals surface area contributed by atoms with Gasteiger partial charge in [0.15, 0.2) is 0 Å². The lowest BCUT2D eigenvalue weighted by molar-refractivity contribution is -0.137. The van der Waals surface area contributed by atoms with E-state index in [-0.39, 0.29) is 12.1 Å². The number of hydrogen-bond acceptors (Lipinski definition) is 4. The number of carbonyl (C=O) groups excluding carboxylic acids is 1. The molecule has 0 bridgehead atoms. The Morgan fingerprint density at radius 1 is 1.37 bits per heavy atom. The van der Waals surface area contributed by atoms with Crippen molar-refractivity contribution in [1.29, 1.82) is 0 Å². The number of pyridine rings is 1. The number of carboxylic acids is 1. The molecule has 1 rings (SSSR count). The molecular weight excluding hydrogens is 253 g/mol. The summed E-state index contributed by atoms with van der Waals surface area (Å²) in [6, 6.07) is 2.35. The summed E-state index contributed by atoms with van der Waals surface area (Å²) >= 11 is 0. The molecule has 1 aromatic rings. The van der Waals surface area contributed by atoms with Crippen LogP contribution in [0.25, 0.3) is 0 Å². The van der Waals surface area contributed by atoms with Crippen molar-refractivity contribution < 1.29 is 19.1 Å². The molecule has 0 aliphatic rings. The highest BCUT2D eigenvalue weighted by Gasteiger charge is 2.19. The monoisotopic (exact) mass is 269 g/mol. The molecule has 0 atom stereocenters. The van der Waals surface area contributed by atoms with Gasteiger partial charge in [0.1, 0.15) is 6.54 Å². The maximum absolute atomic E-state index is 13.0. The van der Waals surface area contributed by atoms with E-state index < -0.39 is 24.4 Å². The number of likely N-dealkylation sites (N-methyl/N-ethyl adjacent to an activating group) is 1. The second-order valence-electron chi connectivity index (χ2n) is 4.29. The van der Waals surface area contributed by atoms with Crippen molar-refractivity contribution in [3.8, 4) is 0 Å². The van der Waals surface area contributed by atoms with E-state index in [1.807, 2.05) is 19.0 Å². The Morgan fingerprint density at radius 2 is 2.05 bits per heavy atom. The van der Waals surface area contributed by atoms with E-state index in [0.717, 1.165) is 11.0 Å². The van der Waals surface area contributed by atoms with Crippen molar-refractivity contribution in [3.05, 3.63) is 29.8 Å². The molecule has 0 saturated carbocycles. The lowest BCUT2D eigenvalue weighted by Crippen LogP contribution is -2.40. The highest BCUT2D eigenvalue weighted by Crippen LogP contribution is 2.05.